The molecule has 1 saturated heterocycles. The fourth-order valence-electron chi connectivity index (χ4n) is 3.32. The van der Waals surface area contributed by atoms with Crippen molar-refractivity contribution in [2.75, 3.05) is 11.9 Å². The number of aliphatic hydroxyl groups excluding tert-OH is 2. The van der Waals surface area contributed by atoms with Gasteiger partial charge < -0.3 is 20.3 Å². The van der Waals surface area contributed by atoms with Crippen LogP contribution in [0.15, 0.2) is 36.9 Å². The molecule has 1 aliphatic heterocycles. The molecule has 2 aromatic heterocycles. The van der Waals surface area contributed by atoms with Crippen LogP contribution in [0, 0.1) is 3.57 Å². The Morgan fingerprint density at radius 3 is 2.90 bits per heavy atom. The van der Waals surface area contributed by atoms with Gasteiger partial charge in [-0.15, -0.1) is 0 Å². The number of imidazole rings is 1. The third kappa shape index (κ3) is 4.77. The van der Waals surface area contributed by atoms with Crippen molar-refractivity contribution in [3.8, 4) is 0 Å². The average Bonchev–Trinajstić information content (AvgIpc) is 3.29. The number of halogens is 1. The molecule has 4 atom stereocenters. The number of hydrogen-bond acceptors (Lipinski definition) is 9. The number of fused-ring (bicyclic) bond motifs is 1. The van der Waals surface area contributed by atoms with Crippen molar-refractivity contribution in [2.24, 2.45) is 0 Å². The van der Waals surface area contributed by atoms with Crippen LogP contribution in [0.3, 0.4) is 0 Å². The molecule has 0 radical (unpaired) electrons. The van der Waals surface area contributed by atoms with E-state index in [4.69, 9.17) is 9.57 Å². The molecule has 11 nitrogen and oxygen atoms in total. The molecule has 3 heterocycles. The molecule has 1 amide bonds. The molecule has 1 aliphatic rings. The number of aliphatic hydroxyl groups is 2. The van der Waals surface area contributed by atoms with E-state index in [9.17, 15) is 15.0 Å². The lowest BCUT2D eigenvalue weighted by molar-refractivity contribution is -0.137. The van der Waals surface area contributed by atoms with Crippen LogP contribution < -0.4 is 10.8 Å². The number of amides is 1. The Labute approximate surface area is 190 Å². The van der Waals surface area contributed by atoms with Gasteiger partial charge in [0.15, 0.2) is 23.2 Å². The van der Waals surface area contributed by atoms with Gasteiger partial charge in [-0.2, -0.15) is 0 Å². The molecular weight excluding hydrogens is 519 g/mol. The molecule has 164 valence electrons. The van der Waals surface area contributed by atoms with Crippen molar-refractivity contribution in [1.29, 1.82) is 0 Å². The number of nitrogens with zero attached hydrogens (tertiary/aromatic N) is 4. The van der Waals surface area contributed by atoms with Gasteiger partial charge >= 0.3 is 0 Å². The summed E-state index contributed by atoms with van der Waals surface area (Å²) in [5.74, 6) is 0.160. The predicted octanol–water partition coefficient (Wildman–Crippen LogP) is 0.730. The normalized spacial score (nSPS) is 23.2. The van der Waals surface area contributed by atoms with Crippen LogP contribution in [0.2, 0.25) is 0 Å². The van der Waals surface area contributed by atoms with Gasteiger partial charge in [-0.3, -0.25) is 14.2 Å². The van der Waals surface area contributed by atoms with Gasteiger partial charge in [-0.05, 0) is 40.3 Å². The van der Waals surface area contributed by atoms with E-state index < -0.39 is 24.5 Å². The molecule has 4 rings (SSSR count). The standard InChI is InChI=1S/C19H21IN6O5/c1-10(27)25-30-7-13-15(28)16(29)19(31-13)26-9-24-14-17(22-8-23-18(14)26)21-6-11-3-2-4-12(20)5-11/h2-5,8-9,13,15-16,19,28-29H,6-7H2,1H3,(H,25,27)(H,21,22,23)/t13-,15?,16?,19-/m1/s1. The van der Waals surface area contributed by atoms with E-state index in [1.54, 1.807) is 4.57 Å². The molecule has 2 unspecified atom stereocenters. The van der Waals surface area contributed by atoms with Gasteiger partial charge in [-0.25, -0.2) is 20.4 Å². The average molecular weight is 540 g/mol. The highest BCUT2D eigenvalue weighted by Gasteiger charge is 2.44. The van der Waals surface area contributed by atoms with Crippen LogP contribution in [-0.2, 0) is 20.9 Å². The molecule has 1 fully saturated rings. The highest BCUT2D eigenvalue weighted by atomic mass is 127. The summed E-state index contributed by atoms with van der Waals surface area (Å²) in [5.41, 5.74) is 4.22. The van der Waals surface area contributed by atoms with Gasteiger partial charge in [0.1, 0.15) is 31.2 Å². The van der Waals surface area contributed by atoms with Crippen LogP contribution in [0.4, 0.5) is 5.82 Å². The number of carbonyl (C=O) groups excluding carboxylic acids is 1. The van der Waals surface area contributed by atoms with E-state index in [1.807, 2.05) is 18.2 Å². The minimum absolute atomic E-state index is 0.126. The van der Waals surface area contributed by atoms with Crippen molar-refractivity contribution in [1.82, 2.24) is 25.0 Å². The Bertz CT molecular complexity index is 1080. The highest BCUT2D eigenvalue weighted by Crippen LogP contribution is 2.32. The van der Waals surface area contributed by atoms with E-state index in [2.05, 4.69) is 54.4 Å². The number of nitrogens with one attached hydrogen (secondary N) is 2. The largest absolute Gasteiger partial charge is 0.387 e. The first kappa shape index (κ1) is 21.8. The Balaban J connectivity index is 1.51. The van der Waals surface area contributed by atoms with Crippen molar-refractivity contribution in [3.63, 3.8) is 0 Å². The van der Waals surface area contributed by atoms with Crippen LogP contribution in [0.5, 0.6) is 0 Å². The van der Waals surface area contributed by atoms with Gasteiger partial charge in [0.25, 0.3) is 0 Å². The molecule has 0 bridgehead atoms. The zero-order valence-corrected chi connectivity index (χ0v) is 18.6. The van der Waals surface area contributed by atoms with Crippen LogP contribution in [-0.4, -0.2) is 60.6 Å². The maximum atomic E-state index is 10.9. The number of hydrogen-bond donors (Lipinski definition) is 4. The van der Waals surface area contributed by atoms with E-state index in [1.165, 1.54) is 19.6 Å². The smallest absolute Gasteiger partial charge is 0.240 e. The van der Waals surface area contributed by atoms with Gasteiger partial charge in [0.05, 0.1) is 6.33 Å². The summed E-state index contributed by atoms with van der Waals surface area (Å²) in [6, 6.07) is 8.08. The number of anilines is 1. The Kier molecular flexibility index (Phi) is 6.62. The second-order valence-electron chi connectivity index (χ2n) is 7.05. The minimum Gasteiger partial charge on any atom is -0.387 e. The van der Waals surface area contributed by atoms with Gasteiger partial charge in [-0.1, -0.05) is 12.1 Å². The van der Waals surface area contributed by atoms with Crippen LogP contribution in [0.25, 0.3) is 11.2 Å². The lowest BCUT2D eigenvalue weighted by atomic mass is 10.1. The zero-order valence-electron chi connectivity index (χ0n) is 16.5. The third-order valence-electron chi connectivity index (χ3n) is 4.78. The first-order valence-electron chi connectivity index (χ1n) is 9.50. The van der Waals surface area contributed by atoms with E-state index >= 15 is 0 Å². The topological polar surface area (TPSA) is 144 Å². The number of ether oxygens (including phenoxy) is 1. The summed E-state index contributed by atoms with van der Waals surface area (Å²) in [6.07, 6.45) is -1.34. The maximum absolute atomic E-state index is 10.9. The van der Waals surface area contributed by atoms with E-state index in [0.717, 1.165) is 9.13 Å². The van der Waals surface area contributed by atoms with E-state index in [0.29, 0.717) is 23.5 Å². The summed E-state index contributed by atoms with van der Waals surface area (Å²) in [6.45, 7) is 1.73. The summed E-state index contributed by atoms with van der Waals surface area (Å²) in [5, 5.41) is 24.1. The summed E-state index contributed by atoms with van der Waals surface area (Å²) in [4.78, 5) is 28.9. The second-order valence-corrected chi connectivity index (χ2v) is 8.29. The van der Waals surface area contributed by atoms with E-state index in [-0.39, 0.29) is 12.5 Å². The number of carbonyl (C=O) groups is 1. The molecule has 0 aliphatic carbocycles. The number of benzene rings is 1. The summed E-state index contributed by atoms with van der Waals surface area (Å²) in [7, 11) is 0. The molecule has 3 aromatic rings. The molecule has 0 saturated carbocycles. The monoisotopic (exact) mass is 540 g/mol. The lowest BCUT2D eigenvalue weighted by Gasteiger charge is -2.16. The number of rotatable bonds is 7. The Morgan fingerprint density at radius 2 is 2.13 bits per heavy atom. The van der Waals surface area contributed by atoms with Crippen LogP contribution >= 0.6 is 22.6 Å². The fraction of sp³-hybridized carbons (Fsp3) is 0.368. The zero-order chi connectivity index (χ0) is 22.0. The lowest BCUT2D eigenvalue weighted by Crippen LogP contribution is -2.36. The molecular formula is C19H21IN6O5. The van der Waals surface area contributed by atoms with Crippen molar-refractivity contribution >= 4 is 45.5 Å². The second kappa shape index (κ2) is 9.40. The first-order chi connectivity index (χ1) is 14.9. The van der Waals surface area contributed by atoms with Crippen molar-refractivity contribution < 1.29 is 24.6 Å². The summed E-state index contributed by atoms with van der Waals surface area (Å²) >= 11 is 2.26. The van der Waals surface area contributed by atoms with Crippen molar-refractivity contribution in [2.45, 2.75) is 38.0 Å². The number of hydroxylamine groups is 1. The molecule has 1 aromatic carbocycles. The van der Waals surface area contributed by atoms with Gasteiger partial charge in [0.2, 0.25) is 5.91 Å². The van der Waals surface area contributed by atoms with Gasteiger partial charge in [0, 0.05) is 17.0 Å². The number of aromatic nitrogens is 4. The molecule has 0 spiro atoms. The molecule has 12 heteroatoms. The molecule has 31 heavy (non-hydrogen) atoms. The maximum Gasteiger partial charge on any atom is 0.240 e. The SMILES string of the molecule is CC(=O)NOC[C@H]1O[C@@H](n2cnc3c(NCc4cccc(I)c4)ncnc32)C(O)C1O. The van der Waals surface area contributed by atoms with Crippen LogP contribution in [0.1, 0.15) is 18.7 Å². The Hall–Kier alpha value is -2.39. The highest BCUT2D eigenvalue weighted by molar-refractivity contribution is 14.1. The predicted molar refractivity (Wildman–Crippen MR) is 118 cm³/mol. The fourth-order valence-corrected chi connectivity index (χ4v) is 3.93. The quantitative estimate of drug-likeness (QED) is 0.252. The third-order valence-corrected chi connectivity index (χ3v) is 5.45. The molecule has 4 N–H and O–H groups in total. The Morgan fingerprint density at radius 1 is 1.29 bits per heavy atom. The van der Waals surface area contributed by atoms with Crippen molar-refractivity contribution in [3.05, 3.63) is 46.1 Å². The minimum atomic E-state index is -1.24. The first-order valence-corrected chi connectivity index (χ1v) is 10.6. The summed E-state index contributed by atoms with van der Waals surface area (Å²) < 4.78 is 8.45.